The van der Waals surface area contributed by atoms with Crippen LogP contribution in [-0.4, -0.2) is 26.3 Å². The molecule has 2 amide bonds. The first-order valence-electron chi connectivity index (χ1n) is 8.29. The third kappa shape index (κ3) is 3.01. The Morgan fingerprint density at radius 3 is 2.85 bits per heavy atom. The van der Waals surface area contributed by atoms with Crippen molar-refractivity contribution in [2.75, 3.05) is 0 Å². The Bertz CT molecular complexity index is 1040. The van der Waals surface area contributed by atoms with Crippen LogP contribution < -0.4 is 5.32 Å². The van der Waals surface area contributed by atoms with Gasteiger partial charge in [0.15, 0.2) is 0 Å². The number of allylic oxidation sites excluding steroid dienone is 3. The van der Waals surface area contributed by atoms with Crippen LogP contribution in [0.15, 0.2) is 58.8 Å². The van der Waals surface area contributed by atoms with Gasteiger partial charge in [-0.25, -0.2) is 4.99 Å². The van der Waals surface area contributed by atoms with Gasteiger partial charge in [0, 0.05) is 23.3 Å². The summed E-state index contributed by atoms with van der Waals surface area (Å²) in [4.78, 5) is 28.6. The number of aromatic nitrogens is 2. The van der Waals surface area contributed by atoms with Crippen molar-refractivity contribution in [3.05, 3.63) is 59.3 Å². The minimum atomic E-state index is -0.350. The van der Waals surface area contributed by atoms with E-state index in [2.05, 4.69) is 32.9 Å². The van der Waals surface area contributed by atoms with E-state index in [1.807, 2.05) is 12.2 Å². The van der Waals surface area contributed by atoms with E-state index < -0.39 is 0 Å². The molecule has 7 heteroatoms. The maximum atomic E-state index is 12.5. The van der Waals surface area contributed by atoms with Crippen molar-refractivity contribution in [1.29, 1.82) is 0 Å². The zero-order valence-electron chi connectivity index (χ0n) is 14.3. The summed E-state index contributed by atoms with van der Waals surface area (Å²) in [6.45, 7) is 4.12. The number of carbonyl (C=O) groups is 2. The predicted molar refractivity (Wildman–Crippen MR) is 101 cm³/mol. The first-order valence-corrected chi connectivity index (χ1v) is 9.02. The Kier molecular flexibility index (Phi) is 4.08. The number of amides is 2. The molecule has 1 unspecified atom stereocenters. The molecule has 1 atom stereocenters. The van der Waals surface area contributed by atoms with Crippen LogP contribution in [0, 0.1) is 11.8 Å². The van der Waals surface area contributed by atoms with Gasteiger partial charge in [0.2, 0.25) is 5.91 Å². The van der Waals surface area contributed by atoms with Crippen molar-refractivity contribution in [3.63, 3.8) is 0 Å². The first kappa shape index (κ1) is 16.5. The van der Waals surface area contributed by atoms with Crippen LogP contribution in [0.25, 0.3) is 11.0 Å². The lowest BCUT2D eigenvalue weighted by atomic mass is 9.82. The highest BCUT2D eigenvalue weighted by molar-refractivity contribution is 7.00. The predicted octanol–water partition coefficient (Wildman–Crippen LogP) is 3.05. The van der Waals surface area contributed by atoms with Crippen LogP contribution in [0.4, 0.5) is 0 Å². The molecule has 1 aromatic heterocycles. The van der Waals surface area contributed by atoms with Crippen molar-refractivity contribution < 1.29 is 9.59 Å². The summed E-state index contributed by atoms with van der Waals surface area (Å²) in [7, 11) is 0. The molecule has 2 heterocycles. The Labute approximate surface area is 154 Å². The van der Waals surface area contributed by atoms with E-state index in [1.54, 1.807) is 30.4 Å². The normalized spacial score (nSPS) is 20.8. The Hall–Kier alpha value is -2.93. The second-order valence-corrected chi connectivity index (χ2v) is 7.06. The topological polar surface area (TPSA) is 84.3 Å². The number of carbonyl (C=O) groups excluding carboxylic acids is 2. The lowest BCUT2D eigenvalue weighted by Crippen LogP contribution is -2.34. The van der Waals surface area contributed by atoms with E-state index in [0.717, 1.165) is 28.5 Å². The van der Waals surface area contributed by atoms with Gasteiger partial charge in [-0.05, 0) is 41.8 Å². The molecule has 0 saturated heterocycles. The zero-order valence-corrected chi connectivity index (χ0v) is 15.1. The van der Waals surface area contributed by atoms with Crippen LogP contribution in [0.2, 0.25) is 0 Å². The fourth-order valence-electron chi connectivity index (χ4n) is 3.11. The molecule has 0 spiro atoms. The molecule has 0 bridgehead atoms. The number of benzene rings is 1. The summed E-state index contributed by atoms with van der Waals surface area (Å²) in [5.74, 6) is -0.202. The van der Waals surface area contributed by atoms with Gasteiger partial charge in [0.1, 0.15) is 11.0 Å². The summed E-state index contributed by atoms with van der Waals surface area (Å²) in [6, 6.07) is 5.15. The highest BCUT2D eigenvalue weighted by Gasteiger charge is 2.27. The van der Waals surface area contributed by atoms with E-state index in [1.165, 1.54) is 0 Å². The Morgan fingerprint density at radius 1 is 1.23 bits per heavy atom. The van der Waals surface area contributed by atoms with E-state index in [4.69, 9.17) is 0 Å². The smallest absolute Gasteiger partial charge is 0.277 e. The molecule has 0 fully saturated rings. The molecule has 1 aliphatic carbocycles. The van der Waals surface area contributed by atoms with Crippen LogP contribution in [-0.2, 0) is 4.79 Å². The van der Waals surface area contributed by atoms with Gasteiger partial charge in [0.05, 0.1) is 17.4 Å². The molecule has 2 aromatic rings. The van der Waals surface area contributed by atoms with Crippen LogP contribution in [0.3, 0.4) is 0 Å². The van der Waals surface area contributed by atoms with E-state index in [-0.39, 0.29) is 23.7 Å². The van der Waals surface area contributed by atoms with Crippen LogP contribution in [0.5, 0.6) is 0 Å². The van der Waals surface area contributed by atoms with Gasteiger partial charge in [0.25, 0.3) is 5.91 Å². The molecule has 6 nitrogen and oxygen atoms in total. The van der Waals surface area contributed by atoms with Crippen LogP contribution in [0.1, 0.15) is 24.2 Å². The maximum absolute atomic E-state index is 12.5. The number of hydrogen-bond donors (Lipinski definition) is 1. The van der Waals surface area contributed by atoms with Crippen LogP contribution >= 0.6 is 11.7 Å². The standard InChI is InChI=1S/C19H16N4O2S/c1-10(2)14-9-18(24)21-16-8-12(4-5-13(14)16)20-19(25)11-3-6-15-17(7-11)23-26-22-15/h3-10,13H,1-2H3,(H,21,24). The molecule has 26 heavy (non-hydrogen) atoms. The average molecular weight is 364 g/mol. The minimum Gasteiger partial charge on any atom is -0.325 e. The fraction of sp³-hybridized carbons (Fsp3) is 0.211. The fourth-order valence-corrected chi connectivity index (χ4v) is 3.63. The van der Waals surface area contributed by atoms with Gasteiger partial charge in [-0.1, -0.05) is 19.9 Å². The Balaban J connectivity index is 1.63. The molecule has 130 valence electrons. The summed E-state index contributed by atoms with van der Waals surface area (Å²) in [5.41, 5.74) is 4.24. The number of fused-ring (bicyclic) bond motifs is 2. The molecule has 1 N–H and O–H groups in total. The monoisotopic (exact) mass is 364 g/mol. The van der Waals surface area contributed by atoms with E-state index in [0.29, 0.717) is 16.8 Å². The van der Waals surface area contributed by atoms with Gasteiger partial charge < -0.3 is 5.32 Å². The number of hydrogen-bond acceptors (Lipinski definition) is 5. The van der Waals surface area contributed by atoms with Gasteiger partial charge in [-0.2, -0.15) is 8.75 Å². The molecule has 0 saturated carbocycles. The maximum Gasteiger partial charge on any atom is 0.277 e. The lowest BCUT2D eigenvalue weighted by molar-refractivity contribution is -0.116. The number of aliphatic imine (C=N–C) groups is 1. The zero-order chi connectivity index (χ0) is 18.3. The van der Waals surface area contributed by atoms with Crippen molar-refractivity contribution in [1.82, 2.24) is 14.1 Å². The second kappa shape index (κ2) is 6.42. The molecule has 2 aliphatic rings. The van der Waals surface area contributed by atoms with Crippen molar-refractivity contribution in [2.24, 2.45) is 16.8 Å². The summed E-state index contributed by atoms with van der Waals surface area (Å²) in [6.07, 6.45) is 7.21. The largest absolute Gasteiger partial charge is 0.325 e. The first-order chi connectivity index (χ1) is 12.5. The van der Waals surface area contributed by atoms with Gasteiger partial charge in [-0.15, -0.1) is 0 Å². The average Bonchev–Trinajstić information content (AvgIpc) is 3.08. The highest BCUT2D eigenvalue weighted by Crippen LogP contribution is 2.31. The molecule has 4 rings (SSSR count). The summed E-state index contributed by atoms with van der Waals surface area (Å²) < 4.78 is 8.27. The number of nitrogens with zero attached hydrogens (tertiary/aromatic N) is 3. The van der Waals surface area contributed by atoms with Crippen molar-refractivity contribution in [3.8, 4) is 0 Å². The third-order valence-electron chi connectivity index (χ3n) is 4.42. The Morgan fingerprint density at radius 2 is 2.04 bits per heavy atom. The van der Waals surface area contributed by atoms with E-state index in [9.17, 15) is 9.59 Å². The molecule has 1 aromatic carbocycles. The van der Waals surface area contributed by atoms with Gasteiger partial charge in [-0.3, -0.25) is 9.59 Å². The molecule has 1 aliphatic heterocycles. The van der Waals surface area contributed by atoms with Gasteiger partial charge >= 0.3 is 0 Å². The lowest BCUT2D eigenvalue weighted by Gasteiger charge is -2.29. The van der Waals surface area contributed by atoms with Crippen molar-refractivity contribution in [2.45, 2.75) is 13.8 Å². The second-order valence-electron chi connectivity index (χ2n) is 6.53. The third-order valence-corrected chi connectivity index (χ3v) is 4.98. The summed E-state index contributed by atoms with van der Waals surface area (Å²) >= 11 is 1.11. The summed E-state index contributed by atoms with van der Waals surface area (Å²) in [5, 5.41) is 2.85. The SMILES string of the molecule is CC(C)C1=CC(=O)NC2=CC(=NC(=O)c3ccc4nsnc4c3)C=CC21. The molecular weight excluding hydrogens is 348 g/mol. The highest BCUT2D eigenvalue weighted by atomic mass is 32.1. The number of rotatable bonds is 2. The van der Waals surface area contributed by atoms with E-state index >= 15 is 0 Å². The molecule has 0 radical (unpaired) electrons. The number of nitrogens with one attached hydrogen (secondary N) is 1. The quantitative estimate of drug-likeness (QED) is 0.888. The molecular formula is C19H16N4O2S. The van der Waals surface area contributed by atoms with Crippen molar-refractivity contribution >= 4 is 40.3 Å². The minimum absolute atomic E-state index is 0.0270.